The van der Waals surface area contributed by atoms with Crippen LogP contribution in [0, 0.1) is 50.7 Å². The van der Waals surface area contributed by atoms with E-state index in [0.717, 1.165) is 32.1 Å². The largest absolute Gasteiger partial charge is 0.462 e. The van der Waals surface area contributed by atoms with Crippen molar-refractivity contribution in [2.45, 2.75) is 105 Å². The molecule has 6 fully saturated rings. The monoisotopic (exact) mass is 412 g/mol. The Morgan fingerprint density at radius 1 is 0.767 bits per heavy atom. The van der Waals surface area contributed by atoms with E-state index in [4.69, 9.17) is 4.74 Å². The minimum Gasteiger partial charge on any atom is -0.462 e. The molecule has 3 nitrogen and oxygen atoms in total. The molecule has 0 aromatic carbocycles. The number of carbonyl (C=O) groups excluding carboxylic acids is 2. The highest BCUT2D eigenvalue weighted by Gasteiger charge is 2.74. The Labute approximate surface area is 182 Å². The van der Waals surface area contributed by atoms with Gasteiger partial charge in [0.15, 0.2) is 0 Å². The summed E-state index contributed by atoms with van der Waals surface area (Å²) in [5.74, 6) is 2.95. The summed E-state index contributed by atoms with van der Waals surface area (Å²) in [6.45, 7) is 12.2. The third-order valence-corrected chi connectivity index (χ3v) is 12.8. The molecule has 166 valence electrons. The van der Waals surface area contributed by atoms with Gasteiger partial charge in [-0.25, -0.2) is 0 Å². The van der Waals surface area contributed by atoms with Crippen LogP contribution in [0.5, 0.6) is 0 Å². The van der Waals surface area contributed by atoms with E-state index in [1.807, 2.05) is 0 Å². The lowest BCUT2D eigenvalue weighted by molar-refractivity contribution is -0.228. The van der Waals surface area contributed by atoms with Crippen molar-refractivity contribution >= 4 is 11.8 Å². The molecule has 0 aromatic rings. The van der Waals surface area contributed by atoms with E-state index in [1.165, 1.54) is 32.1 Å². The first kappa shape index (κ1) is 19.8. The van der Waals surface area contributed by atoms with Crippen molar-refractivity contribution in [3.8, 4) is 0 Å². The van der Waals surface area contributed by atoms with E-state index in [0.29, 0.717) is 40.3 Å². The molecule has 0 spiro atoms. The van der Waals surface area contributed by atoms with Crippen LogP contribution in [-0.2, 0) is 14.3 Å². The van der Waals surface area contributed by atoms with Crippen LogP contribution in [0.1, 0.15) is 98.8 Å². The van der Waals surface area contributed by atoms with Gasteiger partial charge in [0, 0.05) is 17.8 Å². The molecule has 1 heterocycles. The number of fused-ring (bicyclic) bond motifs is 5. The average Bonchev–Trinajstić information content (AvgIpc) is 3.18. The first-order valence-corrected chi connectivity index (χ1v) is 12.8. The third-order valence-electron chi connectivity index (χ3n) is 12.8. The molecule has 6 aliphatic rings. The van der Waals surface area contributed by atoms with Gasteiger partial charge in [0.1, 0.15) is 11.9 Å². The topological polar surface area (TPSA) is 43.4 Å². The number of esters is 1. The van der Waals surface area contributed by atoms with Gasteiger partial charge >= 0.3 is 5.97 Å². The molecule has 0 radical (unpaired) electrons. The van der Waals surface area contributed by atoms with Crippen LogP contribution >= 0.6 is 0 Å². The lowest BCUT2D eigenvalue weighted by Gasteiger charge is -2.71. The standard InChI is InChI=1S/C27H40O3/c1-23(2)18-9-12-26(5)19(24(18,3)11-10-20(23)28)7-6-16-21-17-8-13-27(21,22(29)30-17)15-14-25(16,26)4/h16-19,21H,6-15H2,1-5H3/t16-,17+,18+,19-,21+,24+,25-,26-,27+/m1/s1. The maximum absolute atomic E-state index is 12.8. The summed E-state index contributed by atoms with van der Waals surface area (Å²) < 4.78 is 5.93. The quantitative estimate of drug-likeness (QED) is 0.462. The van der Waals surface area contributed by atoms with Crippen LogP contribution in [0.2, 0.25) is 0 Å². The van der Waals surface area contributed by atoms with Crippen LogP contribution in [-0.4, -0.2) is 17.9 Å². The van der Waals surface area contributed by atoms with Crippen LogP contribution in [0.3, 0.4) is 0 Å². The molecule has 9 atom stereocenters. The van der Waals surface area contributed by atoms with Gasteiger partial charge in [-0.05, 0) is 91.8 Å². The second kappa shape index (κ2) is 5.54. The van der Waals surface area contributed by atoms with Crippen molar-refractivity contribution in [2.24, 2.45) is 50.7 Å². The number of rotatable bonds is 0. The zero-order chi connectivity index (χ0) is 21.3. The van der Waals surface area contributed by atoms with Crippen LogP contribution in [0.4, 0.5) is 0 Å². The van der Waals surface area contributed by atoms with Crippen molar-refractivity contribution in [3.05, 3.63) is 0 Å². The fraction of sp³-hybridized carbons (Fsp3) is 0.926. The molecule has 30 heavy (non-hydrogen) atoms. The highest BCUT2D eigenvalue weighted by Crippen LogP contribution is 2.77. The van der Waals surface area contributed by atoms with Crippen LogP contribution in [0.15, 0.2) is 0 Å². The normalized spacial score (nSPS) is 58.4. The van der Waals surface area contributed by atoms with Gasteiger partial charge in [0.05, 0.1) is 5.41 Å². The summed E-state index contributed by atoms with van der Waals surface area (Å²) in [4.78, 5) is 25.7. The maximum Gasteiger partial charge on any atom is 0.312 e. The SMILES string of the molecule is CC1(C)C(=O)CC[C@]2(C)[C@H]3CC[C@@H]4[C@H]5[C@@H]6CC[C@@]5(CC[C@@]4(C)[C@]3(C)CC[C@@H]12)C(=O)O6. The van der Waals surface area contributed by atoms with E-state index in [2.05, 4.69) is 34.6 Å². The summed E-state index contributed by atoms with van der Waals surface area (Å²) in [5.41, 5.74) is 0.560. The molecule has 5 aliphatic carbocycles. The number of Topliss-reactive ketones (excluding diaryl/α,β-unsaturated/α-hetero) is 1. The summed E-state index contributed by atoms with van der Waals surface area (Å²) in [6.07, 6.45) is 11.4. The fourth-order valence-corrected chi connectivity index (χ4v) is 11.1. The van der Waals surface area contributed by atoms with E-state index < -0.39 is 0 Å². The highest BCUT2D eigenvalue weighted by atomic mass is 16.6. The van der Waals surface area contributed by atoms with Crippen molar-refractivity contribution in [1.82, 2.24) is 0 Å². The van der Waals surface area contributed by atoms with Crippen molar-refractivity contribution in [3.63, 3.8) is 0 Å². The molecule has 0 unspecified atom stereocenters. The third kappa shape index (κ3) is 1.93. The Hall–Kier alpha value is -0.860. The summed E-state index contributed by atoms with van der Waals surface area (Å²) in [6, 6.07) is 0. The van der Waals surface area contributed by atoms with Gasteiger partial charge in [-0.15, -0.1) is 0 Å². The maximum atomic E-state index is 12.8. The van der Waals surface area contributed by atoms with Gasteiger partial charge in [-0.2, -0.15) is 0 Å². The van der Waals surface area contributed by atoms with Gasteiger partial charge in [0.25, 0.3) is 0 Å². The Bertz CT molecular complexity index is 830. The van der Waals surface area contributed by atoms with Crippen molar-refractivity contribution in [1.29, 1.82) is 0 Å². The molecule has 0 N–H and O–H groups in total. The second-order valence-corrected chi connectivity index (χ2v) is 13.5. The van der Waals surface area contributed by atoms with Crippen molar-refractivity contribution in [2.75, 3.05) is 0 Å². The molecule has 5 saturated carbocycles. The predicted molar refractivity (Wildman–Crippen MR) is 116 cm³/mol. The van der Waals surface area contributed by atoms with Crippen molar-refractivity contribution < 1.29 is 14.3 Å². The number of ether oxygens (including phenoxy) is 1. The Kier molecular flexibility index (Phi) is 3.66. The van der Waals surface area contributed by atoms with E-state index >= 15 is 0 Å². The molecule has 0 aromatic heterocycles. The summed E-state index contributed by atoms with van der Waals surface area (Å²) >= 11 is 0. The number of hydrogen-bond donors (Lipinski definition) is 0. The fourth-order valence-electron chi connectivity index (χ4n) is 11.1. The number of ketones is 1. The van der Waals surface area contributed by atoms with Crippen LogP contribution in [0.25, 0.3) is 0 Å². The van der Waals surface area contributed by atoms with Gasteiger partial charge < -0.3 is 4.74 Å². The lowest BCUT2D eigenvalue weighted by Crippen LogP contribution is -2.66. The average molecular weight is 413 g/mol. The van der Waals surface area contributed by atoms with Crippen LogP contribution < -0.4 is 0 Å². The first-order chi connectivity index (χ1) is 14.0. The molecule has 1 aliphatic heterocycles. The van der Waals surface area contributed by atoms with Gasteiger partial charge in [0.2, 0.25) is 0 Å². The molecule has 3 heteroatoms. The Morgan fingerprint density at radius 3 is 2.27 bits per heavy atom. The number of hydrogen-bond acceptors (Lipinski definition) is 3. The summed E-state index contributed by atoms with van der Waals surface area (Å²) in [5, 5.41) is 0. The Morgan fingerprint density at radius 2 is 1.53 bits per heavy atom. The zero-order valence-electron chi connectivity index (χ0n) is 19.7. The van der Waals surface area contributed by atoms with Gasteiger partial charge in [-0.3, -0.25) is 9.59 Å². The molecule has 1 saturated heterocycles. The highest BCUT2D eigenvalue weighted by molar-refractivity contribution is 5.85. The Balaban J connectivity index is 1.41. The van der Waals surface area contributed by atoms with E-state index in [-0.39, 0.29) is 28.3 Å². The molecule has 2 bridgehead atoms. The lowest BCUT2D eigenvalue weighted by atomic mass is 9.32. The molecular weight excluding hydrogens is 372 g/mol. The molecular formula is C27H40O3. The molecule has 6 rings (SSSR count). The van der Waals surface area contributed by atoms with E-state index in [9.17, 15) is 9.59 Å². The minimum atomic E-state index is -0.173. The zero-order valence-corrected chi connectivity index (χ0v) is 19.7. The first-order valence-electron chi connectivity index (χ1n) is 12.8. The second-order valence-electron chi connectivity index (χ2n) is 13.5. The molecule has 0 amide bonds. The van der Waals surface area contributed by atoms with Gasteiger partial charge in [-0.1, -0.05) is 34.6 Å². The minimum absolute atomic E-state index is 0.140. The smallest absolute Gasteiger partial charge is 0.312 e. The van der Waals surface area contributed by atoms with E-state index in [1.54, 1.807) is 0 Å². The predicted octanol–water partition coefficient (Wildman–Crippen LogP) is 5.95. The number of carbonyl (C=O) groups is 2. The summed E-state index contributed by atoms with van der Waals surface area (Å²) in [7, 11) is 0.